The molecule has 1 heterocycles. The number of hydrogen-bond acceptors (Lipinski definition) is 6. The molecule has 6 nitrogen and oxygen atoms in total. The zero-order chi connectivity index (χ0) is 18.5. The molecule has 0 amide bonds. The van der Waals surface area contributed by atoms with E-state index in [1.165, 1.54) is 5.56 Å². The smallest absolute Gasteiger partial charge is 0.344 e. The van der Waals surface area contributed by atoms with E-state index in [9.17, 15) is 4.79 Å². The van der Waals surface area contributed by atoms with Crippen molar-refractivity contribution in [1.29, 1.82) is 0 Å². The Morgan fingerprint density at radius 1 is 1.08 bits per heavy atom. The monoisotopic (exact) mass is 352 g/mol. The van der Waals surface area contributed by atoms with Crippen LogP contribution < -0.4 is 4.74 Å². The molecule has 6 heteroatoms. The van der Waals surface area contributed by atoms with E-state index in [4.69, 9.17) is 13.9 Å². The molecule has 0 fully saturated rings. The lowest BCUT2D eigenvalue weighted by Crippen LogP contribution is -2.17. The summed E-state index contributed by atoms with van der Waals surface area (Å²) in [6, 6.07) is 15.1. The van der Waals surface area contributed by atoms with Crippen LogP contribution in [0.3, 0.4) is 0 Å². The number of esters is 1. The van der Waals surface area contributed by atoms with Gasteiger partial charge in [0, 0.05) is 5.56 Å². The van der Waals surface area contributed by atoms with Gasteiger partial charge in [-0.25, -0.2) is 4.79 Å². The summed E-state index contributed by atoms with van der Waals surface area (Å²) in [5.74, 6) is 0.746. The summed E-state index contributed by atoms with van der Waals surface area (Å²) in [6.45, 7) is 5.49. The van der Waals surface area contributed by atoms with Gasteiger partial charge in [0.1, 0.15) is 5.75 Å². The van der Waals surface area contributed by atoms with Crippen molar-refractivity contribution in [3.63, 3.8) is 0 Å². The molecule has 0 spiro atoms. The molecule has 0 unspecified atom stereocenters. The fraction of sp³-hybridized carbons (Fsp3) is 0.250. The number of aryl methyl sites for hydroxylation is 2. The van der Waals surface area contributed by atoms with Gasteiger partial charge in [-0.3, -0.25) is 0 Å². The maximum absolute atomic E-state index is 12.0. The number of carbonyl (C=O) groups excluding carboxylic acids is 1. The molecule has 1 aromatic heterocycles. The Bertz CT molecular complexity index is 890. The summed E-state index contributed by atoms with van der Waals surface area (Å²) in [4.78, 5) is 12.0. The Hall–Kier alpha value is -3.15. The maximum atomic E-state index is 12.0. The average Bonchev–Trinajstić information content (AvgIpc) is 3.14. The third-order valence-corrected chi connectivity index (χ3v) is 3.95. The number of ether oxygens (including phenoxy) is 2. The van der Waals surface area contributed by atoms with E-state index >= 15 is 0 Å². The molecule has 26 heavy (non-hydrogen) atoms. The van der Waals surface area contributed by atoms with Crippen molar-refractivity contribution in [1.82, 2.24) is 10.2 Å². The second kappa shape index (κ2) is 7.82. The summed E-state index contributed by atoms with van der Waals surface area (Å²) in [6.07, 6.45) is -0.657. The van der Waals surface area contributed by atoms with E-state index in [1.54, 1.807) is 6.92 Å². The van der Waals surface area contributed by atoms with Gasteiger partial charge in [-0.15, -0.1) is 10.2 Å². The van der Waals surface area contributed by atoms with Crippen LogP contribution in [0.2, 0.25) is 0 Å². The van der Waals surface area contributed by atoms with Crippen LogP contribution in [0.15, 0.2) is 52.9 Å². The topological polar surface area (TPSA) is 74.5 Å². The van der Waals surface area contributed by atoms with Crippen molar-refractivity contribution in [2.24, 2.45) is 0 Å². The van der Waals surface area contributed by atoms with Crippen molar-refractivity contribution in [2.75, 3.05) is 6.61 Å². The van der Waals surface area contributed by atoms with E-state index in [-0.39, 0.29) is 12.5 Å². The Morgan fingerprint density at radius 2 is 1.85 bits per heavy atom. The van der Waals surface area contributed by atoms with Gasteiger partial charge in [0.2, 0.25) is 5.89 Å². The van der Waals surface area contributed by atoms with Crippen LogP contribution in [-0.4, -0.2) is 22.8 Å². The number of nitrogens with zero attached hydrogens (tertiary/aromatic N) is 2. The zero-order valence-corrected chi connectivity index (χ0v) is 14.9. The summed E-state index contributed by atoms with van der Waals surface area (Å²) >= 11 is 0. The minimum Gasteiger partial charge on any atom is -0.482 e. The van der Waals surface area contributed by atoms with E-state index in [1.807, 2.05) is 62.4 Å². The molecule has 0 aliphatic rings. The molecule has 0 radical (unpaired) electrons. The van der Waals surface area contributed by atoms with E-state index in [0.717, 1.165) is 11.1 Å². The maximum Gasteiger partial charge on any atom is 0.344 e. The molecule has 0 bridgehead atoms. The molecule has 1 atom stereocenters. The van der Waals surface area contributed by atoms with Crippen LogP contribution >= 0.6 is 0 Å². The van der Waals surface area contributed by atoms with Crippen LogP contribution in [-0.2, 0) is 9.53 Å². The van der Waals surface area contributed by atoms with Gasteiger partial charge in [-0.2, -0.15) is 0 Å². The lowest BCUT2D eigenvalue weighted by Gasteiger charge is -2.11. The Morgan fingerprint density at radius 3 is 2.58 bits per heavy atom. The SMILES string of the molecule is Cc1ccc(OCC(=O)O[C@@H](C)c2nnc(-c3ccccc3)o2)cc1C. The first-order valence-corrected chi connectivity index (χ1v) is 8.31. The first kappa shape index (κ1) is 17.7. The Balaban J connectivity index is 1.56. The second-order valence-corrected chi connectivity index (χ2v) is 5.98. The highest BCUT2D eigenvalue weighted by Gasteiger charge is 2.19. The van der Waals surface area contributed by atoms with Gasteiger partial charge < -0.3 is 13.9 Å². The minimum atomic E-state index is -0.657. The molecule has 0 saturated heterocycles. The summed E-state index contributed by atoms with van der Waals surface area (Å²) in [5, 5.41) is 7.94. The molecule has 0 N–H and O–H groups in total. The lowest BCUT2D eigenvalue weighted by molar-refractivity contribution is -0.152. The highest BCUT2D eigenvalue weighted by molar-refractivity contribution is 5.71. The Kier molecular flexibility index (Phi) is 5.31. The van der Waals surface area contributed by atoms with Gasteiger partial charge >= 0.3 is 5.97 Å². The zero-order valence-electron chi connectivity index (χ0n) is 14.9. The standard InChI is InChI=1S/C20H20N2O4/c1-13-9-10-17(11-14(13)2)24-12-18(23)25-15(3)19-21-22-20(26-19)16-7-5-4-6-8-16/h4-11,15H,12H2,1-3H3/t15-/m0/s1. The molecule has 0 saturated carbocycles. The lowest BCUT2D eigenvalue weighted by atomic mass is 10.1. The van der Waals surface area contributed by atoms with Crippen LogP contribution in [0.25, 0.3) is 11.5 Å². The number of carbonyl (C=O) groups is 1. The molecule has 3 aromatic rings. The average molecular weight is 352 g/mol. The van der Waals surface area contributed by atoms with Crippen LogP contribution in [0.5, 0.6) is 5.75 Å². The summed E-state index contributed by atoms with van der Waals surface area (Å²) < 4.78 is 16.4. The quantitative estimate of drug-likeness (QED) is 0.623. The van der Waals surface area contributed by atoms with Crippen molar-refractivity contribution < 1.29 is 18.7 Å². The van der Waals surface area contributed by atoms with Gasteiger partial charge in [0.05, 0.1) is 0 Å². The van der Waals surface area contributed by atoms with Crippen molar-refractivity contribution in [3.8, 4) is 17.2 Å². The van der Waals surface area contributed by atoms with Gasteiger partial charge in [0.25, 0.3) is 5.89 Å². The summed E-state index contributed by atoms with van der Waals surface area (Å²) in [5.41, 5.74) is 3.07. The molecule has 0 aliphatic carbocycles. The second-order valence-electron chi connectivity index (χ2n) is 5.98. The highest BCUT2D eigenvalue weighted by atomic mass is 16.6. The van der Waals surface area contributed by atoms with Gasteiger partial charge in [0.15, 0.2) is 12.7 Å². The van der Waals surface area contributed by atoms with Crippen molar-refractivity contribution in [3.05, 3.63) is 65.5 Å². The number of hydrogen-bond donors (Lipinski definition) is 0. The van der Waals surface area contributed by atoms with Crippen LogP contribution in [0, 0.1) is 13.8 Å². The van der Waals surface area contributed by atoms with Gasteiger partial charge in [-0.1, -0.05) is 24.3 Å². The number of aromatic nitrogens is 2. The minimum absolute atomic E-state index is 0.188. The van der Waals surface area contributed by atoms with E-state index < -0.39 is 12.1 Å². The molecular weight excluding hydrogens is 332 g/mol. The largest absolute Gasteiger partial charge is 0.482 e. The molecule has 3 rings (SSSR count). The summed E-state index contributed by atoms with van der Waals surface area (Å²) in [7, 11) is 0. The third kappa shape index (κ3) is 4.27. The molecular formula is C20H20N2O4. The van der Waals surface area contributed by atoms with Crippen LogP contribution in [0.4, 0.5) is 0 Å². The normalized spacial score (nSPS) is 11.8. The predicted molar refractivity (Wildman–Crippen MR) is 95.7 cm³/mol. The van der Waals surface area contributed by atoms with Crippen molar-refractivity contribution >= 4 is 5.97 Å². The molecule has 0 aliphatic heterocycles. The molecule has 134 valence electrons. The van der Waals surface area contributed by atoms with Crippen LogP contribution in [0.1, 0.15) is 30.0 Å². The number of benzene rings is 2. The fourth-order valence-electron chi connectivity index (χ4n) is 2.32. The fourth-order valence-corrected chi connectivity index (χ4v) is 2.32. The van der Waals surface area contributed by atoms with E-state index in [0.29, 0.717) is 11.6 Å². The molecule has 2 aromatic carbocycles. The predicted octanol–water partition coefficient (Wildman–Crippen LogP) is 4.04. The number of rotatable bonds is 6. The Labute approximate surface area is 151 Å². The highest BCUT2D eigenvalue weighted by Crippen LogP contribution is 2.22. The van der Waals surface area contributed by atoms with Crippen molar-refractivity contribution in [2.45, 2.75) is 26.9 Å². The van der Waals surface area contributed by atoms with Gasteiger partial charge in [-0.05, 0) is 56.2 Å². The van der Waals surface area contributed by atoms with E-state index in [2.05, 4.69) is 10.2 Å². The first-order chi connectivity index (χ1) is 12.5. The third-order valence-electron chi connectivity index (χ3n) is 3.95. The first-order valence-electron chi connectivity index (χ1n) is 8.31.